The summed E-state index contributed by atoms with van der Waals surface area (Å²) in [6, 6.07) is 29.8. The van der Waals surface area contributed by atoms with Crippen LogP contribution in [0.25, 0.3) is 10.8 Å². The van der Waals surface area contributed by atoms with Gasteiger partial charge in [-0.1, -0.05) is 84.9 Å². The van der Waals surface area contributed by atoms with Gasteiger partial charge in [-0.3, -0.25) is 4.98 Å². The maximum Gasteiger partial charge on any atom is 0.120 e. The summed E-state index contributed by atoms with van der Waals surface area (Å²) in [4.78, 5) is 4.58. The van der Waals surface area contributed by atoms with Crippen LogP contribution in [0.2, 0.25) is 0 Å². The Hall–Kier alpha value is -2.68. The SMILES string of the molecule is Cl.OC(Cc1nccc2ccccc12)(c1ccccc1)c1ccccc1. The number of benzene rings is 3. The molecule has 3 heteroatoms. The molecule has 0 fully saturated rings. The van der Waals surface area contributed by atoms with Gasteiger partial charge >= 0.3 is 0 Å². The van der Waals surface area contributed by atoms with E-state index in [1.807, 2.05) is 85.1 Å². The third kappa shape index (κ3) is 3.34. The maximum atomic E-state index is 11.7. The zero-order valence-electron chi connectivity index (χ0n) is 14.2. The van der Waals surface area contributed by atoms with Gasteiger partial charge in [-0.15, -0.1) is 12.4 Å². The molecule has 0 unspecified atom stereocenters. The molecule has 0 bridgehead atoms. The molecule has 0 amide bonds. The number of aromatic nitrogens is 1. The minimum Gasteiger partial charge on any atom is -0.380 e. The van der Waals surface area contributed by atoms with Crippen molar-refractivity contribution < 1.29 is 5.11 Å². The number of rotatable bonds is 4. The van der Waals surface area contributed by atoms with Crippen molar-refractivity contribution in [2.24, 2.45) is 0 Å². The Morgan fingerprint density at radius 3 is 1.85 bits per heavy atom. The fourth-order valence-electron chi connectivity index (χ4n) is 3.36. The second kappa shape index (κ2) is 7.69. The number of halogens is 1. The molecule has 130 valence electrons. The number of hydrogen-bond donors (Lipinski definition) is 1. The van der Waals surface area contributed by atoms with Gasteiger partial charge in [0.15, 0.2) is 0 Å². The van der Waals surface area contributed by atoms with Crippen molar-refractivity contribution in [1.29, 1.82) is 0 Å². The minimum absolute atomic E-state index is 0. The molecule has 0 aliphatic heterocycles. The van der Waals surface area contributed by atoms with E-state index in [4.69, 9.17) is 0 Å². The Labute approximate surface area is 159 Å². The lowest BCUT2D eigenvalue weighted by molar-refractivity contribution is 0.0804. The fourth-order valence-corrected chi connectivity index (χ4v) is 3.36. The summed E-state index contributed by atoms with van der Waals surface area (Å²) >= 11 is 0. The first-order valence-corrected chi connectivity index (χ1v) is 8.43. The van der Waals surface area contributed by atoms with Gasteiger partial charge in [0, 0.05) is 18.0 Å². The fraction of sp³-hybridized carbons (Fsp3) is 0.0870. The van der Waals surface area contributed by atoms with Gasteiger partial charge in [0.2, 0.25) is 0 Å². The Balaban J connectivity index is 0.00000196. The molecule has 26 heavy (non-hydrogen) atoms. The first kappa shape index (κ1) is 18.1. The van der Waals surface area contributed by atoms with Gasteiger partial charge in [0.05, 0.1) is 5.69 Å². The van der Waals surface area contributed by atoms with Crippen LogP contribution in [0, 0.1) is 0 Å². The van der Waals surface area contributed by atoms with Crippen molar-refractivity contribution in [3.05, 3.63) is 114 Å². The average Bonchev–Trinajstić information content (AvgIpc) is 2.69. The van der Waals surface area contributed by atoms with Crippen molar-refractivity contribution >= 4 is 23.2 Å². The molecule has 1 N–H and O–H groups in total. The van der Waals surface area contributed by atoms with Crippen LogP contribution in [0.3, 0.4) is 0 Å². The smallest absolute Gasteiger partial charge is 0.120 e. The lowest BCUT2D eigenvalue weighted by atomic mass is 9.82. The average molecular weight is 362 g/mol. The van der Waals surface area contributed by atoms with Crippen LogP contribution in [0.15, 0.2) is 97.2 Å². The second-order valence-corrected chi connectivity index (χ2v) is 6.25. The van der Waals surface area contributed by atoms with Crippen LogP contribution >= 0.6 is 12.4 Å². The predicted octanol–water partition coefficient (Wildman–Crippen LogP) is 5.14. The Morgan fingerprint density at radius 1 is 0.692 bits per heavy atom. The quantitative estimate of drug-likeness (QED) is 0.546. The van der Waals surface area contributed by atoms with Gasteiger partial charge in [-0.25, -0.2) is 0 Å². The van der Waals surface area contributed by atoms with E-state index in [2.05, 4.69) is 17.1 Å². The van der Waals surface area contributed by atoms with Gasteiger partial charge in [0.25, 0.3) is 0 Å². The molecular weight excluding hydrogens is 342 g/mol. The minimum atomic E-state index is -1.13. The number of fused-ring (bicyclic) bond motifs is 1. The summed E-state index contributed by atoms with van der Waals surface area (Å²) in [6.45, 7) is 0. The third-order valence-electron chi connectivity index (χ3n) is 4.68. The zero-order valence-corrected chi connectivity index (χ0v) is 15.1. The van der Waals surface area contributed by atoms with Gasteiger partial charge in [-0.2, -0.15) is 0 Å². The van der Waals surface area contributed by atoms with Crippen LogP contribution in [-0.4, -0.2) is 10.1 Å². The standard InChI is InChI=1S/C23H19NO.ClH/c25-23(19-10-3-1-4-11-19,20-12-5-2-6-13-20)17-22-21-14-8-7-9-18(21)15-16-24-22;/h1-16,25H,17H2;1H. The molecule has 1 heterocycles. The highest BCUT2D eigenvalue weighted by atomic mass is 35.5. The summed E-state index contributed by atoms with van der Waals surface area (Å²) in [5.74, 6) is 0. The molecule has 2 nitrogen and oxygen atoms in total. The van der Waals surface area contributed by atoms with Crippen LogP contribution in [0.1, 0.15) is 16.8 Å². The Bertz CT molecular complexity index is 942. The summed E-state index contributed by atoms with van der Waals surface area (Å²) < 4.78 is 0. The topological polar surface area (TPSA) is 33.1 Å². The summed E-state index contributed by atoms with van der Waals surface area (Å²) in [5.41, 5.74) is 1.51. The monoisotopic (exact) mass is 361 g/mol. The molecule has 1 aromatic heterocycles. The van der Waals surface area contributed by atoms with Gasteiger partial charge < -0.3 is 5.11 Å². The molecule has 0 saturated carbocycles. The van der Waals surface area contributed by atoms with E-state index < -0.39 is 5.60 Å². The predicted molar refractivity (Wildman–Crippen MR) is 109 cm³/mol. The Morgan fingerprint density at radius 2 is 1.23 bits per heavy atom. The lowest BCUT2D eigenvalue weighted by Crippen LogP contribution is -2.30. The molecule has 3 aromatic carbocycles. The lowest BCUT2D eigenvalue weighted by Gasteiger charge is -2.29. The van der Waals surface area contributed by atoms with E-state index in [-0.39, 0.29) is 12.4 Å². The van der Waals surface area contributed by atoms with Crippen LogP contribution in [0.5, 0.6) is 0 Å². The number of aliphatic hydroxyl groups is 1. The molecule has 0 aliphatic carbocycles. The molecule has 0 saturated heterocycles. The van der Waals surface area contributed by atoms with Crippen LogP contribution < -0.4 is 0 Å². The normalized spacial score (nSPS) is 11.1. The first-order chi connectivity index (χ1) is 12.3. The van der Waals surface area contributed by atoms with Crippen molar-refractivity contribution in [3.8, 4) is 0 Å². The highest BCUT2D eigenvalue weighted by Gasteiger charge is 2.32. The van der Waals surface area contributed by atoms with E-state index in [0.717, 1.165) is 27.6 Å². The van der Waals surface area contributed by atoms with Gasteiger partial charge in [-0.05, 0) is 22.6 Å². The highest BCUT2D eigenvalue weighted by molar-refractivity contribution is 5.85. The summed E-state index contributed by atoms with van der Waals surface area (Å²) in [7, 11) is 0. The third-order valence-corrected chi connectivity index (χ3v) is 4.68. The maximum absolute atomic E-state index is 11.7. The molecule has 4 aromatic rings. The molecule has 0 radical (unpaired) electrons. The number of hydrogen-bond acceptors (Lipinski definition) is 2. The summed E-state index contributed by atoms with van der Waals surface area (Å²) in [5, 5.41) is 13.9. The van der Waals surface area contributed by atoms with Crippen molar-refractivity contribution in [2.75, 3.05) is 0 Å². The second-order valence-electron chi connectivity index (χ2n) is 6.25. The van der Waals surface area contributed by atoms with E-state index in [0.29, 0.717) is 6.42 Å². The van der Waals surface area contributed by atoms with Crippen molar-refractivity contribution in [3.63, 3.8) is 0 Å². The Kier molecular flexibility index (Phi) is 5.36. The van der Waals surface area contributed by atoms with Crippen molar-refractivity contribution in [2.45, 2.75) is 12.0 Å². The number of pyridine rings is 1. The molecule has 0 spiro atoms. The molecule has 0 atom stereocenters. The van der Waals surface area contributed by atoms with E-state index in [1.54, 1.807) is 0 Å². The number of nitrogens with zero attached hydrogens (tertiary/aromatic N) is 1. The van der Waals surface area contributed by atoms with Crippen LogP contribution in [-0.2, 0) is 12.0 Å². The first-order valence-electron chi connectivity index (χ1n) is 8.43. The molecule has 4 rings (SSSR count). The van der Waals surface area contributed by atoms with Crippen molar-refractivity contribution in [1.82, 2.24) is 4.98 Å². The molecular formula is C23H20ClNO. The van der Waals surface area contributed by atoms with E-state index in [9.17, 15) is 5.11 Å². The zero-order chi connectivity index (χ0) is 17.1. The van der Waals surface area contributed by atoms with E-state index >= 15 is 0 Å². The van der Waals surface area contributed by atoms with E-state index in [1.165, 1.54) is 0 Å². The highest BCUT2D eigenvalue weighted by Crippen LogP contribution is 2.34. The van der Waals surface area contributed by atoms with Gasteiger partial charge in [0.1, 0.15) is 5.60 Å². The molecule has 0 aliphatic rings. The largest absolute Gasteiger partial charge is 0.380 e. The summed E-state index contributed by atoms with van der Waals surface area (Å²) in [6.07, 6.45) is 2.23. The van der Waals surface area contributed by atoms with Crippen LogP contribution in [0.4, 0.5) is 0 Å².